The summed E-state index contributed by atoms with van der Waals surface area (Å²) in [5.41, 5.74) is 0.800. The van der Waals surface area contributed by atoms with E-state index in [9.17, 15) is 14.4 Å². The molecule has 0 bridgehead atoms. The monoisotopic (exact) mass is 298 g/mol. The van der Waals surface area contributed by atoms with Crippen LogP contribution in [0.1, 0.15) is 36.2 Å². The van der Waals surface area contributed by atoms with Crippen molar-refractivity contribution in [3.63, 3.8) is 0 Å². The second-order valence-corrected chi connectivity index (χ2v) is 5.53. The number of H-pyrrole nitrogens is 1. The lowest BCUT2D eigenvalue weighted by atomic mass is 9.99. The Morgan fingerprint density at radius 3 is 2.64 bits per heavy atom. The molecular weight excluding hydrogens is 283 g/mol. The first-order valence-corrected chi connectivity index (χ1v) is 7.17. The lowest BCUT2D eigenvalue weighted by Crippen LogP contribution is -2.45. The highest BCUT2D eigenvalue weighted by Crippen LogP contribution is 2.29. The molecule has 0 aliphatic heterocycles. The number of aromatic nitrogens is 2. The minimum Gasteiger partial charge on any atom is -0.332 e. The number of rotatable bonds is 3. The van der Waals surface area contributed by atoms with Gasteiger partial charge in [0.15, 0.2) is 0 Å². The number of halogens is 1. The summed E-state index contributed by atoms with van der Waals surface area (Å²) in [6.45, 7) is 0. The Bertz CT molecular complexity index is 723. The zero-order valence-corrected chi connectivity index (χ0v) is 11.9. The zero-order valence-electron chi connectivity index (χ0n) is 11.9. The van der Waals surface area contributed by atoms with Crippen LogP contribution in [0.5, 0.6) is 0 Å². The van der Waals surface area contributed by atoms with Crippen LogP contribution in [0.4, 0.5) is 4.39 Å². The molecular formula is C16H15FN4O. The van der Waals surface area contributed by atoms with Gasteiger partial charge in [0, 0.05) is 5.56 Å². The summed E-state index contributed by atoms with van der Waals surface area (Å²) in [5.74, 6) is -0.668. The molecule has 1 amide bonds. The quantitative estimate of drug-likeness (QED) is 0.914. The molecule has 0 saturated heterocycles. The van der Waals surface area contributed by atoms with Gasteiger partial charge in [0.2, 0.25) is 0 Å². The largest absolute Gasteiger partial charge is 0.332 e. The summed E-state index contributed by atoms with van der Waals surface area (Å²) in [5, 5.41) is 18.8. The van der Waals surface area contributed by atoms with Gasteiger partial charge in [-0.2, -0.15) is 10.4 Å². The number of carbonyl (C=O) groups excluding carboxylic acids is 1. The normalized spacial score (nSPS) is 16.2. The Kier molecular flexibility index (Phi) is 3.63. The van der Waals surface area contributed by atoms with Crippen LogP contribution in [-0.2, 0) is 0 Å². The standard InChI is InChI=1S/C16H15FN4O/c17-12-5-3-11(4-6-12)13-9-14(21-20-13)15(22)19-16(10-18)7-1-2-8-16/h3-6,9H,1-2,7-8H2,(H,19,22)(H,20,21). The number of nitriles is 1. The van der Waals surface area contributed by atoms with Crippen LogP contribution in [0.2, 0.25) is 0 Å². The third-order valence-electron chi connectivity index (χ3n) is 3.99. The van der Waals surface area contributed by atoms with Crippen LogP contribution in [0.3, 0.4) is 0 Å². The number of nitrogens with zero attached hydrogens (tertiary/aromatic N) is 2. The van der Waals surface area contributed by atoms with E-state index in [4.69, 9.17) is 0 Å². The Morgan fingerprint density at radius 2 is 2.00 bits per heavy atom. The van der Waals surface area contributed by atoms with E-state index in [2.05, 4.69) is 21.6 Å². The van der Waals surface area contributed by atoms with Crippen molar-refractivity contribution in [2.45, 2.75) is 31.2 Å². The van der Waals surface area contributed by atoms with Crippen molar-refractivity contribution in [1.82, 2.24) is 15.5 Å². The van der Waals surface area contributed by atoms with Crippen LogP contribution in [0.15, 0.2) is 30.3 Å². The van der Waals surface area contributed by atoms with E-state index in [1.807, 2.05) is 0 Å². The number of carbonyl (C=O) groups is 1. The third-order valence-corrected chi connectivity index (χ3v) is 3.99. The van der Waals surface area contributed by atoms with E-state index < -0.39 is 5.54 Å². The Labute approximate surface area is 127 Å². The third kappa shape index (κ3) is 2.70. The smallest absolute Gasteiger partial charge is 0.270 e. The lowest BCUT2D eigenvalue weighted by molar-refractivity contribution is 0.0915. The van der Waals surface area contributed by atoms with Gasteiger partial charge in [-0.3, -0.25) is 9.89 Å². The van der Waals surface area contributed by atoms with Crippen LogP contribution in [0, 0.1) is 17.1 Å². The molecule has 0 atom stereocenters. The van der Waals surface area contributed by atoms with Gasteiger partial charge >= 0.3 is 0 Å². The lowest BCUT2D eigenvalue weighted by Gasteiger charge is -2.21. The van der Waals surface area contributed by atoms with E-state index in [-0.39, 0.29) is 11.7 Å². The maximum absolute atomic E-state index is 12.9. The number of hydrogen-bond donors (Lipinski definition) is 2. The molecule has 0 radical (unpaired) electrons. The van der Waals surface area contributed by atoms with Gasteiger partial charge in [-0.25, -0.2) is 4.39 Å². The van der Waals surface area contributed by atoms with E-state index in [1.54, 1.807) is 18.2 Å². The molecule has 1 aromatic heterocycles. The van der Waals surface area contributed by atoms with Crippen molar-refractivity contribution in [1.29, 1.82) is 5.26 Å². The van der Waals surface area contributed by atoms with Crippen LogP contribution < -0.4 is 5.32 Å². The average Bonchev–Trinajstić information content (AvgIpc) is 3.18. The molecule has 1 saturated carbocycles. The van der Waals surface area contributed by atoms with Crippen LogP contribution >= 0.6 is 0 Å². The number of aromatic amines is 1. The second-order valence-electron chi connectivity index (χ2n) is 5.53. The highest BCUT2D eigenvalue weighted by molar-refractivity contribution is 5.94. The fourth-order valence-electron chi connectivity index (χ4n) is 2.73. The average molecular weight is 298 g/mol. The molecule has 1 aliphatic rings. The van der Waals surface area contributed by atoms with Crippen LogP contribution in [0.25, 0.3) is 11.3 Å². The van der Waals surface area contributed by atoms with Crippen molar-refractivity contribution in [3.8, 4) is 17.3 Å². The van der Waals surface area contributed by atoms with Crippen molar-refractivity contribution in [2.24, 2.45) is 0 Å². The topological polar surface area (TPSA) is 81.6 Å². The fraction of sp³-hybridized carbons (Fsp3) is 0.312. The minimum atomic E-state index is -0.766. The Morgan fingerprint density at radius 1 is 1.32 bits per heavy atom. The molecule has 1 heterocycles. The molecule has 2 N–H and O–H groups in total. The SMILES string of the molecule is N#CC1(NC(=O)c2cc(-c3ccc(F)cc3)n[nH]2)CCCC1. The summed E-state index contributed by atoms with van der Waals surface area (Å²) < 4.78 is 12.9. The summed E-state index contributed by atoms with van der Waals surface area (Å²) in [4.78, 5) is 12.3. The predicted octanol–water partition coefficient (Wildman–Crippen LogP) is 2.78. The molecule has 0 spiro atoms. The summed E-state index contributed by atoms with van der Waals surface area (Å²) in [7, 11) is 0. The maximum Gasteiger partial charge on any atom is 0.270 e. The summed E-state index contributed by atoms with van der Waals surface area (Å²) in [6, 6.07) is 9.69. The molecule has 1 fully saturated rings. The fourth-order valence-corrected chi connectivity index (χ4v) is 2.73. The Hall–Kier alpha value is -2.68. The van der Waals surface area contributed by atoms with E-state index in [0.29, 0.717) is 29.8 Å². The van der Waals surface area contributed by atoms with Crippen molar-refractivity contribution in [2.75, 3.05) is 0 Å². The molecule has 1 aliphatic carbocycles. The first-order chi connectivity index (χ1) is 10.6. The van der Waals surface area contributed by atoms with Crippen LogP contribution in [-0.4, -0.2) is 21.6 Å². The molecule has 22 heavy (non-hydrogen) atoms. The van der Waals surface area contributed by atoms with Gasteiger partial charge in [0.25, 0.3) is 5.91 Å². The first-order valence-electron chi connectivity index (χ1n) is 7.17. The van der Waals surface area contributed by atoms with Gasteiger partial charge in [-0.05, 0) is 56.0 Å². The van der Waals surface area contributed by atoms with Crippen molar-refractivity contribution >= 4 is 5.91 Å². The highest BCUT2D eigenvalue weighted by Gasteiger charge is 2.35. The number of benzene rings is 1. The van der Waals surface area contributed by atoms with E-state index >= 15 is 0 Å². The molecule has 2 aromatic rings. The highest BCUT2D eigenvalue weighted by atomic mass is 19.1. The number of amides is 1. The van der Waals surface area contributed by atoms with Crippen molar-refractivity contribution < 1.29 is 9.18 Å². The minimum absolute atomic E-state index is 0.292. The van der Waals surface area contributed by atoms with Gasteiger partial charge in [-0.15, -0.1) is 0 Å². The molecule has 5 nitrogen and oxygen atoms in total. The Balaban J connectivity index is 1.77. The van der Waals surface area contributed by atoms with Crippen molar-refractivity contribution in [3.05, 3.63) is 41.8 Å². The summed E-state index contributed by atoms with van der Waals surface area (Å²) in [6.07, 6.45) is 3.23. The number of nitrogens with one attached hydrogen (secondary N) is 2. The zero-order chi connectivity index (χ0) is 15.6. The van der Waals surface area contributed by atoms with E-state index in [0.717, 1.165) is 12.8 Å². The van der Waals surface area contributed by atoms with E-state index in [1.165, 1.54) is 12.1 Å². The summed E-state index contributed by atoms with van der Waals surface area (Å²) >= 11 is 0. The molecule has 6 heteroatoms. The predicted molar refractivity (Wildman–Crippen MR) is 78.3 cm³/mol. The first kappa shape index (κ1) is 14.3. The van der Waals surface area contributed by atoms with Gasteiger partial charge in [0.1, 0.15) is 17.1 Å². The van der Waals surface area contributed by atoms with Gasteiger partial charge in [0.05, 0.1) is 11.8 Å². The van der Waals surface area contributed by atoms with Gasteiger partial charge in [-0.1, -0.05) is 0 Å². The second kappa shape index (κ2) is 5.60. The number of hydrogen-bond acceptors (Lipinski definition) is 3. The maximum atomic E-state index is 12.9. The molecule has 3 rings (SSSR count). The molecule has 1 aromatic carbocycles. The van der Waals surface area contributed by atoms with Gasteiger partial charge < -0.3 is 5.32 Å². The molecule has 112 valence electrons. The molecule has 0 unspecified atom stereocenters.